The minimum atomic E-state index is -0.635. The molecule has 1 atom stereocenters. The summed E-state index contributed by atoms with van der Waals surface area (Å²) < 4.78 is 13.7. The number of Topliss-reactive ketones (excluding diaryl/α,β-unsaturated/α-hetero) is 1. The van der Waals surface area contributed by atoms with Crippen molar-refractivity contribution in [1.82, 2.24) is 4.90 Å². The van der Waals surface area contributed by atoms with Crippen molar-refractivity contribution in [3.63, 3.8) is 0 Å². The number of rotatable bonds is 4. The van der Waals surface area contributed by atoms with Crippen LogP contribution in [-0.4, -0.2) is 35.2 Å². The lowest BCUT2D eigenvalue weighted by atomic mass is 10.1. The molecule has 1 aliphatic rings. The predicted octanol–water partition coefficient (Wildman–Crippen LogP) is 3.66. The van der Waals surface area contributed by atoms with Gasteiger partial charge in [0.05, 0.1) is 5.69 Å². The van der Waals surface area contributed by atoms with Crippen molar-refractivity contribution in [3.8, 4) is 0 Å². The molecule has 7 heteroatoms. The van der Waals surface area contributed by atoms with Crippen LogP contribution >= 0.6 is 0 Å². The topological polar surface area (TPSA) is 78.5 Å². The number of urea groups is 1. The molecule has 3 amide bonds. The lowest BCUT2D eigenvalue weighted by molar-refractivity contribution is -0.119. The maximum atomic E-state index is 13.7. The molecule has 1 fully saturated rings. The first-order valence-corrected chi connectivity index (χ1v) is 8.70. The molecule has 0 unspecified atom stereocenters. The third-order valence-electron chi connectivity index (χ3n) is 4.49. The number of likely N-dealkylation sites (tertiary alicyclic amines) is 1. The number of anilines is 2. The number of benzene rings is 2. The molecule has 0 radical (unpaired) electrons. The highest BCUT2D eigenvalue weighted by molar-refractivity contribution is 6.00. The Morgan fingerprint density at radius 2 is 1.74 bits per heavy atom. The van der Waals surface area contributed by atoms with Gasteiger partial charge in [0.15, 0.2) is 5.78 Å². The van der Waals surface area contributed by atoms with E-state index in [1.807, 2.05) is 0 Å². The van der Waals surface area contributed by atoms with Crippen molar-refractivity contribution in [2.75, 3.05) is 17.2 Å². The van der Waals surface area contributed by atoms with Crippen LogP contribution in [0.15, 0.2) is 48.5 Å². The summed E-state index contributed by atoms with van der Waals surface area (Å²) in [5.74, 6) is -0.900. The summed E-state index contributed by atoms with van der Waals surface area (Å²) in [6.07, 6.45) is 1.22. The molecule has 1 saturated heterocycles. The van der Waals surface area contributed by atoms with E-state index in [0.29, 0.717) is 30.6 Å². The minimum absolute atomic E-state index is 0.0559. The highest BCUT2D eigenvalue weighted by Crippen LogP contribution is 2.22. The van der Waals surface area contributed by atoms with Crippen LogP contribution in [0.3, 0.4) is 0 Å². The predicted molar refractivity (Wildman–Crippen MR) is 100 cm³/mol. The van der Waals surface area contributed by atoms with Gasteiger partial charge >= 0.3 is 6.03 Å². The standard InChI is InChI=1S/C20H20FN3O3/c1-13(25)14-8-10-15(11-9-14)22-19(26)18-7-4-12-24(18)20(27)23-17-6-3-2-5-16(17)21/h2-3,5-6,8-11,18H,4,7,12H2,1H3,(H,22,26)(H,23,27)/t18-/m1/s1. The molecule has 0 aromatic heterocycles. The minimum Gasteiger partial charge on any atom is -0.324 e. The Kier molecular flexibility index (Phi) is 5.49. The van der Waals surface area contributed by atoms with Crippen molar-refractivity contribution in [2.24, 2.45) is 0 Å². The van der Waals surface area contributed by atoms with E-state index in [0.717, 1.165) is 0 Å². The van der Waals surface area contributed by atoms with Gasteiger partial charge in [0.25, 0.3) is 0 Å². The molecule has 3 rings (SSSR count). The molecule has 0 spiro atoms. The zero-order chi connectivity index (χ0) is 19.4. The Hall–Kier alpha value is -3.22. The molecular formula is C20H20FN3O3. The summed E-state index contributed by atoms with van der Waals surface area (Å²) in [5.41, 5.74) is 1.18. The second-order valence-corrected chi connectivity index (χ2v) is 6.38. The second-order valence-electron chi connectivity index (χ2n) is 6.38. The first-order valence-electron chi connectivity index (χ1n) is 8.70. The van der Waals surface area contributed by atoms with Crippen molar-refractivity contribution in [3.05, 3.63) is 59.9 Å². The molecule has 2 aromatic carbocycles. The van der Waals surface area contributed by atoms with Crippen LogP contribution < -0.4 is 10.6 Å². The van der Waals surface area contributed by atoms with Crippen LogP contribution in [0.1, 0.15) is 30.1 Å². The van der Waals surface area contributed by atoms with Gasteiger partial charge in [-0.15, -0.1) is 0 Å². The smallest absolute Gasteiger partial charge is 0.322 e. The number of para-hydroxylation sites is 1. The van der Waals surface area contributed by atoms with Crippen LogP contribution in [0, 0.1) is 5.82 Å². The van der Waals surface area contributed by atoms with E-state index >= 15 is 0 Å². The maximum absolute atomic E-state index is 13.7. The fourth-order valence-electron chi connectivity index (χ4n) is 3.05. The van der Waals surface area contributed by atoms with Crippen LogP contribution in [-0.2, 0) is 4.79 Å². The second kappa shape index (κ2) is 7.99. The largest absolute Gasteiger partial charge is 0.324 e. The molecule has 140 valence electrons. The molecule has 2 N–H and O–H groups in total. The quantitative estimate of drug-likeness (QED) is 0.807. The third-order valence-corrected chi connectivity index (χ3v) is 4.49. The Morgan fingerprint density at radius 3 is 2.41 bits per heavy atom. The highest BCUT2D eigenvalue weighted by atomic mass is 19.1. The molecule has 0 saturated carbocycles. The van der Waals surface area contributed by atoms with Crippen molar-refractivity contribution >= 4 is 29.1 Å². The SMILES string of the molecule is CC(=O)c1ccc(NC(=O)[C@H]2CCCN2C(=O)Nc2ccccc2F)cc1. The van der Waals surface area contributed by atoms with Gasteiger partial charge in [-0.3, -0.25) is 9.59 Å². The zero-order valence-corrected chi connectivity index (χ0v) is 14.9. The van der Waals surface area contributed by atoms with Gasteiger partial charge in [-0.25, -0.2) is 9.18 Å². The fraction of sp³-hybridized carbons (Fsp3) is 0.250. The van der Waals surface area contributed by atoms with Gasteiger partial charge in [-0.1, -0.05) is 12.1 Å². The van der Waals surface area contributed by atoms with Gasteiger partial charge in [0.2, 0.25) is 5.91 Å². The van der Waals surface area contributed by atoms with E-state index in [1.54, 1.807) is 30.3 Å². The van der Waals surface area contributed by atoms with Crippen molar-refractivity contribution < 1.29 is 18.8 Å². The van der Waals surface area contributed by atoms with Crippen LogP contribution in [0.4, 0.5) is 20.6 Å². The number of ketones is 1. The Labute approximate surface area is 156 Å². The number of nitrogens with one attached hydrogen (secondary N) is 2. The Morgan fingerprint density at radius 1 is 1.04 bits per heavy atom. The molecule has 1 heterocycles. The summed E-state index contributed by atoms with van der Waals surface area (Å²) in [4.78, 5) is 37.8. The van der Waals surface area contributed by atoms with E-state index < -0.39 is 17.9 Å². The molecule has 0 bridgehead atoms. The third kappa shape index (κ3) is 4.31. The van der Waals surface area contributed by atoms with Gasteiger partial charge in [0.1, 0.15) is 11.9 Å². The number of carbonyl (C=O) groups is 3. The van der Waals surface area contributed by atoms with E-state index in [-0.39, 0.29) is 17.4 Å². The highest BCUT2D eigenvalue weighted by Gasteiger charge is 2.34. The van der Waals surface area contributed by atoms with Gasteiger partial charge in [-0.05, 0) is 56.2 Å². The summed E-state index contributed by atoms with van der Waals surface area (Å²) >= 11 is 0. The van der Waals surface area contributed by atoms with E-state index in [9.17, 15) is 18.8 Å². The van der Waals surface area contributed by atoms with Crippen LogP contribution in [0.25, 0.3) is 0 Å². The average molecular weight is 369 g/mol. The lowest BCUT2D eigenvalue weighted by Gasteiger charge is -2.24. The summed E-state index contributed by atoms with van der Waals surface area (Å²) in [6.45, 7) is 1.89. The normalized spacial score (nSPS) is 16.1. The molecule has 27 heavy (non-hydrogen) atoms. The first-order chi connectivity index (χ1) is 13.0. The molecule has 6 nitrogen and oxygen atoms in total. The van der Waals surface area contributed by atoms with Crippen molar-refractivity contribution in [1.29, 1.82) is 0 Å². The van der Waals surface area contributed by atoms with Crippen molar-refractivity contribution in [2.45, 2.75) is 25.8 Å². The molecule has 0 aliphatic carbocycles. The number of halogens is 1. The molecule has 1 aliphatic heterocycles. The summed E-state index contributed by atoms with van der Waals surface area (Å²) in [6, 6.07) is 11.3. The van der Waals surface area contributed by atoms with Crippen LogP contribution in [0.2, 0.25) is 0 Å². The van der Waals surface area contributed by atoms with E-state index in [4.69, 9.17) is 0 Å². The maximum Gasteiger partial charge on any atom is 0.322 e. The number of hydrogen-bond acceptors (Lipinski definition) is 3. The lowest BCUT2D eigenvalue weighted by Crippen LogP contribution is -2.45. The first kappa shape index (κ1) is 18.6. The van der Waals surface area contributed by atoms with E-state index in [2.05, 4.69) is 10.6 Å². The number of nitrogens with zero attached hydrogens (tertiary/aromatic N) is 1. The fourth-order valence-corrected chi connectivity index (χ4v) is 3.05. The zero-order valence-electron chi connectivity index (χ0n) is 14.9. The molecular weight excluding hydrogens is 349 g/mol. The van der Waals surface area contributed by atoms with Gasteiger partial charge in [0, 0.05) is 17.8 Å². The Balaban J connectivity index is 1.66. The van der Waals surface area contributed by atoms with Gasteiger partial charge in [-0.2, -0.15) is 0 Å². The molecule has 2 aromatic rings. The number of carbonyl (C=O) groups excluding carboxylic acids is 3. The van der Waals surface area contributed by atoms with Gasteiger partial charge < -0.3 is 15.5 Å². The van der Waals surface area contributed by atoms with Crippen LogP contribution in [0.5, 0.6) is 0 Å². The number of hydrogen-bond donors (Lipinski definition) is 2. The van der Waals surface area contributed by atoms with E-state index in [1.165, 1.54) is 30.0 Å². The Bertz CT molecular complexity index is 867. The number of amides is 3. The summed E-state index contributed by atoms with van der Waals surface area (Å²) in [5, 5.41) is 5.28. The summed E-state index contributed by atoms with van der Waals surface area (Å²) in [7, 11) is 0. The monoisotopic (exact) mass is 369 g/mol. The average Bonchev–Trinajstić information content (AvgIpc) is 3.14.